The lowest BCUT2D eigenvalue weighted by Gasteiger charge is -2.32. The van der Waals surface area contributed by atoms with Gasteiger partial charge in [-0.15, -0.1) is 12.4 Å². The number of rotatable bonds is 9. The van der Waals surface area contributed by atoms with E-state index < -0.39 is 10.0 Å². The normalized spacial score (nSPS) is 16.5. The second-order valence-electron chi connectivity index (χ2n) is 9.28. The van der Waals surface area contributed by atoms with E-state index in [0.29, 0.717) is 42.7 Å². The Labute approximate surface area is 229 Å². The van der Waals surface area contributed by atoms with E-state index in [0.717, 1.165) is 29.5 Å². The number of nitrogens with zero attached hydrogens (tertiary/aromatic N) is 4. The molecule has 1 amide bonds. The number of hydrogen-bond donors (Lipinski definition) is 0. The van der Waals surface area contributed by atoms with Gasteiger partial charge in [-0.3, -0.25) is 9.69 Å². The van der Waals surface area contributed by atoms with Crippen LogP contribution in [0.15, 0.2) is 47.4 Å². The Kier molecular flexibility index (Phi) is 9.93. The van der Waals surface area contributed by atoms with Crippen molar-refractivity contribution in [2.24, 2.45) is 0 Å². The quantitative estimate of drug-likeness (QED) is 0.367. The van der Waals surface area contributed by atoms with Crippen LogP contribution < -0.4 is 9.64 Å². The number of carbonyl (C=O) groups is 1. The van der Waals surface area contributed by atoms with Gasteiger partial charge in [0.2, 0.25) is 10.0 Å². The highest BCUT2D eigenvalue weighted by atomic mass is 35.5. The number of ether oxygens (including phenoxy) is 1. The number of hydrogen-bond acceptors (Lipinski definition) is 7. The molecule has 1 unspecified atom stereocenters. The van der Waals surface area contributed by atoms with Crippen LogP contribution in [-0.4, -0.2) is 74.9 Å². The van der Waals surface area contributed by atoms with E-state index in [1.54, 1.807) is 33.5 Å². The van der Waals surface area contributed by atoms with Gasteiger partial charge >= 0.3 is 0 Å². The third-order valence-corrected chi connectivity index (χ3v) is 9.44. The summed E-state index contributed by atoms with van der Waals surface area (Å²) in [5.74, 6) is 0.475. The Morgan fingerprint density at radius 1 is 1.14 bits per heavy atom. The summed E-state index contributed by atoms with van der Waals surface area (Å²) in [7, 11) is 0.310. The molecule has 202 valence electrons. The van der Waals surface area contributed by atoms with Crippen LogP contribution in [0.1, 0.15) is 43.5 Å². The molecule has 11 heteroatoms. The Hall–Kier alpha value is -2.24. The molecule has 0 radical (unpaired) electrons. The summed E-state index contributed by atoms with van der Waals surface area (Å²) >= 11 is 1.44. The van der Waals surface area contributed by atoms with Crippen LogP contribution in [0, 0.1) is 0 Å². The minimum Gasteiger partial charge on any atom is -0.492 e. The van der Waals surface area contributed by atoms with Gasteiger partial charge in [-0.2, -0.15) is 4.31 Å². The molecule has 0 N–H and O–H groups in total. The summed E-state index contributed by atoms with van der Waals surface area (Å²) in [5, 5.41) is 0.586. The van der Waals surface area contributed by atoms with Gasteiger partial charge in [-0.05, 0) is 77.2 Å². The van der Waals surface area contributed by atoms with E-state index in [9.17, 15) is 13.2 Å². The SMILES string of the molecule is CCOc1cccc2sc(N(CCN(C)C)C(=O)c3ccc(S(=O)(=O)N4CCCCC4C)cc3)nc12.Cl. The number of piperidine rings is 1. The van der Waals surface area contributed by atoms with Crippen molar-refractivity contribution in [3.05, 3.63) is 48.0 Å². The molecule has 0 aliphatic carbocycles. The highest BCUT2D eigenvalue weighted by molar-refractivity contribution is 7.89. The average molecular weight is 567 g/mol. The van der Waals surface area contributed by atoms with Crippen LogP contribution in [0.25, 0.3) is 10.2 Å². The molecule has 1 aliphatic heterocycles. The number of anilines is 1. The fourth-order valence-corrected chi connectivity index (χ4v) is 7.08. The molecule has 2 aromatic carbocycles. The molecular formula is C26H35ClN4O4S2. The van der Waals surface area contributed by atoms with E-state index in [1.165, 1.54) is 11.3 Å². The Balaban J connectivity index is 0.00000380. The van der Waals surface area contributed by atoms with Crippen molar-refractivity contribution in [1.82, 2.24) is 14.2 Å². The fraction of sp³-hybridized carbons (Fsp3) is 0.462. The summed E-state index contributed by atoms with van der Waals surface area (Å²) in [6, 6.07) is 12.0. The number of likely N-dealkylation sites (N-methyl/N-ethyl adjacent to an activating group) is 1. The second-order valence-corrected chi connectivity index (χ2v) is 12.2. The third-order valence-electron chi connectivity index (χ3n) is 6.37. The zero-order valence-electron chi connectivity index (χ0n) is 21.7. The lowest BCUT2D eigenvalue weighted by Crippen LogP contribution is -2.41. The number of amides is 1. The number of carbonyl (C=O) groups excluding carboxylic acids is 1. The smallest absolute Gasteiger partial charge is 0.260 e. The van der Waals surface area contributed by atoms with Crippen molar-refractivity contribution in [2.45, 2.75) is 44.0 Å². The minimum absolute atomic E-state index is 0. The summed E-state index contributed by atoms with van der Waals surface area (Å²) < 4.78 is 34.6. The largest absolute Gasteiger partial charge is 0.492 e. The molecule has 37 heavy (non-hydrogen) atoms. The van der Waals surface area contributed by atoms with Gasteiger partial charge in [-0.1, -0.05) is 23.8 Å². The highest BCUT2D eigenvalue weighted by Gasteiger charge is 2.31. The first-order valence-electron chi connectivity index (χ1n) is 12.3. The number of para-hydroxylation sites is 1. The van der Waals surface area contributed by atoms with Crippen molar-refractivity contribution in [3.63, 3.8) is 0 Å². The molecule has 2 heterocycles. The Morgan fingerprint density at radius 2 is 1.86 bits per heavy atom. The lowest BCUT2D eigenvalue weighted by atomic mass is 10.1. The van der Waals surface area contributed by atoms with E-state index in [1.807, 2.05) is 51.0 Å². The monoisotopic (exact) mass is 566 g/mol. The number of halogens is 1. The molecule has 0 saturated carbocycles. The van der Waals surface area contributed by atoms with Gasteiger partial charge in [0, 0.05) is 31.2 Å². The maximum absolute atomic E-state index is 13.6. The van der Waals surface area contributed by atoms with Crippen LogP contribution >= 0.6 is 23.7 Å². The Morgan fingerprint density at radius 3 is 2.51 bits per heavy atom. The molecular weight excluding hydrogens is 532 g/mol. The summed E-state index contributed by atoms with van der Waals surface area (Å²) in [5.41, 5.74) is 1.16. The number of benzene rings is 2. The van der Waals surface area contributed by atoms with Crippen molar-refractivity contribution in [2.75, 3.05) is 45.2 Å². The highest BCUT2D eigenvalue weighted by Crippen LogP contribution is 2.35. The van der Waals surface area contributed by atoms with Crippen molar-refractivity contribution < 1.29 is 17.9 Å². The molecule has 1 saturated heterocycles. The topological polar surface area (TPSA) is 83.0 Å². The van der Waals surface area contributed by atoms with Crippen molar-refractivity contribution in [3.8, 4) is 5.75 Å². The molecule has 1 fully saturated rings. The fourth-order valence-electron chi connectivity index (χ4n) is 4.37. The second kappa shape index (κ2) is 12.5. The van der Waals surface area contributed by atoms with Gasteiger partial charge in [-0.25, -0.2) is 13.4 Å². The lowest BCUT2D eigenvalue weighted by molar-refractivity contribution is 0.0985. The zero-order valence-corrected chi connectivity index (χ0v) is 24.2. The van der Waals surface area contributed by atoms with Crippen molar-refractivity contribution in [1.29, 1.82) is 0 Å². The molecule has 0 bridgehead atoms. The maximum atomic E-state index is 13.6. The predicted molar refractivity (Wildman–Crippen MR) is 152 cm³/mol. The van der Waals surface area contributed by atoms with Crippen LogP contribution in [0.2, 0.25) is 0 Å². The van der Waals surface area contributed by atoms with Gasteiger partial charge in [0.05, 0.1) is 16.2 Å². The standard InChI is InChI=1S/C26H34N4O4S2.ClH/c1-5-34-22-10-8-11-23-24(22)27-26(35-23)29(18-17-28(3)4)25(31)20-12-14-21(15-13-20)36(32,33)30-16-7-6-9-19(30)2;/h8,10-15,19H,5-7,9,16-18H2,1-4H3;1H. The van der Waals surface area contributed by atoms with Crippen LogP contribution in [0.3, 0.4) is 0 Å². The molecule has 4 rings (SSSR count). The first kappa shape index (κ1) is 29.3. The van der Waals surface area contributed by atoms with E-state index >= 15 is 0 Å². The van der Waals surface area contributed by atoms with E-state index in [4.69, 9.17) is 9.72 Å². The van der Waals surface area contributed by atoms with Crippen LogP contribution in [-0.2, 0) is 10.0 Å². The first-order chi connectivity index (χ1) is 17.2. The third kappa shape index (κ3) is 6.43. The van der Waals surface area contributed by atoms with Gasteiger partial charge in [0.15, 0.2) is 5.13 Å². The van der Waals surface area contributed by atoms with E-state index in [-0.39, 0.29) is 29.3 Å². The number of fused-ring (bicyclic) bond motifs is 1. The molecule has 1 atom stereocenters. The molecule has 8 nitrogen and oxygen atoms in total. The molecule has 1 aromatic heterocycles. The maximum Gasteiger partial charge on any atom is 0.260 e. The summed E-state index contributed by atoms with van der Waals surface area (Å²) in [6.07, 6.45) is 2.78. The number of sulfonamides is 1. The summed E-state index contributed by atoms with van der Waals surface area (Å²) in [4.78, 5) is 22.3. The molecule has 1 aliphatic rings. The molecule has 3 aromatic rings. The minimum atomic E-state index is -3.60. The number of thiazole rings is 1. The zero-order chi connectivity index (χ0) is 25.9. The van der Waals surface area contributed by atoms with Gasteiger partial charge in [0.1, 0.15) is 11.3 Å². The van der Waals surface area contributed by atoms with E-state index in [2.05, 4.69) is 0 Å². The predicted octanol–water partition coefficient (Wildman–Crippen LogP) is 4.89. The number of aromatic nitrogens is 1. The van der Waals surface area contributed by atoms with Crippen LogP contribution in [0.4, 0.5) is 5.13 Å². The van der Waals surface area contributed by atoms with Crippen LogP contribution in [0.5, 0.6) is 5.75 Å². The Bertz CT molecular complexity index is 1310. The van der Waals surface area contributed by atoms with Gasteiger partial charge in [0.25, 0.3) is 5.91 Å². The van der Waals surface area contributed by atoms with Crippen molar-refractivity contribution >= 4 is 55.0 Å². The average Bonchev–Trinajstić information content (AvgIpc) is 3.29. The first-order valence-corrected chi connectivity index (χ1v) is 14.6. The molecule has 0 spiro atoms. The summed E-state index contributed by atoms with van der Waals surface area (Å²) in [6.45, 7) is 6.03. The van der Waals surface area contributed by atoms with Gasteiger partial charge < -0.3 is 9.64 Å².